The zero-order chi connectivity index (χ0) is 22.4. The van der Waals surface area contributed by atoms with Crippen LogP contribution in [0.2, 0.25) is 0 Å². The Bertz CT molecular complexity index is 956. The quantitative estimate of drug-likeness (QED) is 0.187. The number of benzene rings is 1. The molecule has 30 heavy (non-hydrogen) atoms. The number of hydrogen-bond acceptors (Lipinski definition) is 8. The number of amides is 3. The molecule has 1 N–H and O–H groups in total. The van der Waals surface area contributed by atoms with Gasteiger partial charge in [-0.1, -0.05) is 23.9 Å². The lowest BCUT2D eigenvalue weighted by atomic mass is 10.0. The minimum atomic E-state index is -1.30. The predicted molar refractivity (Wildman–Crippen MR) is 107 cm³/mol. The molecule has 1 aromatic carbocycles. The SMILES string of the molecule is C/C(O)=C(\C(=O)OC(C)(C)C)N1C(=O)[C@@H](N2C(=O)c3ccccc3C2=O)[C@H]1SC=O. The molecule has 1 fully saturated rings. The molecule has 0 unspecified atom stereocenters. The summed E-state index contributed by atoms with van der Waals surface area (Å²) in [4.78, 5) is 64.0. The van der Waals surface area contributed by atoms with Gasteiger partial charge in [0.2, 0.25) is 0 Å². The Labute approximate surface area is 176 Å². The van der Waals surface area contributed by atoms with E-state index < -0.39 is 52.2 Å². The molecule has 3 rings (SSSR count). The van der Waals surface area contributed by atoms with Crippen molar-refractivity contribution in [2.24, 2.45) is 0 Å². The first-order valence-corrected chi connectivity index (χ1v) is 9.96. The third-order valence-electron chi connectivity index (χ3n) is 4.49. The molecule has 9 nitrogen and oxygen atoms in total. The van der Waals surface area contributed by atoms with Gasteiger partial charge in [0.15, 0.2) is 11.3 Å². The fourth-order valence-corrected chi connectivity index (χ4v) is 4.16. The molecule has 0 radical (unpaired) electrons. The van der Waals surface area contributed by atoms with Crippen molar-refractivity contribution in [3.8, 4) is 0 Å². The maximum Gasteiger partial charge on any atom is 0.359 e. The molecule has 1 aromatic rings. The number of carbonyl (C=O) groups is 5. The summed E-state index contributed by atoms with van der Waals surface area (Å²) in [6.45, 7) is 6.05. The van der Waals surface area contributed by atoms with Crippen molar-refractivity contribution in [1.29, 1.82) is 0 Å². The van der Waals surface area contributed by atoms with Gasteiger partial charge in [0.25, 0.3) is 17.7 Å². The van der Waals surface area contributed by atoms with Crippen LogP contribution < -0.4 is 0 Å². The Kier molecular flexibility index (Phi) is 5.46. The number of β-lactam (4-membered cyclic amide) rings is 1. The van der Waals surface area contributed by atoms with Crippen molar-refractivity contribution < 1.29 is 33.8 Å². The second kappa shape index (κ2) is 7.60. The van der Waals surface area contributed by atoms with Crippen molar-refractivity contribution in [3.05, 3.63) is 46.8 Å². The van der Waals surface area contributed by atoms with Gasteiger partial charge < -0.3 is 9.84 Å². The van der Waals surface area contributed by atoms with E-state index in [4.69, 9.17) is 4.74 Å². The monoisotopic (exact) mass is 432 g/mol. The molecular weight excluding hydrogens is 412 g/mol. The molecule has 1 saturated heterocycles. The maximum absolute atomic E-state index is 13.0. The molecule has 2 atom stereocenters. The van der Waals surface area contributed by atoms with Crippen LogP contribution in [0.25, 0.3) is 0 Å². The molecule has 3 amide bonds. The fourth-order valence-electron chi connectivity index (χ4n) is 3.32. The number of ether oxygens (including phenoxy) is 1. The number of imide groups is 1. The zero-order valence-electron chi connectivity index (χ0n) is 16.7. The molecule has 0 bridgehead atoms. The van der Waals surface area contributed by atoms with E-state index in [2.05, 4.69) is 0 Å². The Morgan fingerprint density at radius 3 is 2.10 bits per heavy atom. The summed E-state index contributed by atoms with van der Waals surface area (Å²) in [6.07, 6.45) is 0. The van der Waals surface area contributed by atoms with Gasteiger partial charge in [0.1, 0.15) is 22.8 Å². The smallest absolute Gasteiger partial charge is 0.359 e. The van der Waals surface area contributed by atoms with Gasteiger partial charge in [0.05, 0.1) is 11.1 Å². The van der Waals surface area contributed by atoms with E-state index in [9.17, 15) is 29.1 Å². The molecule has 2 aliphatic heterocycles. The molecule has 0 aromatic heterocycles. The highest BCUT2D eigenvalue weighted by molar-refractivity contribution is 8.12. The largest absolute Gasteiger partial charge is 0.510 e. The lowest BCUT2D eigenvalue weighted by Gasteiger charge is -2.48. The third-order valence-corrected chi connectivity index (χ3v) is 5.35. The first-order valence-electron chi connectivity index (χ1n) is 9.02. The highest BCUT2D eigenvalue weighted by Crippen LogP contribution is 2.40. The van der Waals surface area contributed by atoms with E-state index in [1.165, 1.54) is 19.1 Å². The summed E-state index contributed by atoms with van der Waals surface area (Å²) in [5.74, 6) is -3.55. The highest BCUT2D eigenvalue weighted by atomic mass is 32.2. The Balaban J connectivity index is 1.96. The minimum Gasteiger partial charge on any atom is -0.510 e. The summed E-state index contributed by atoms with van der Waals surface area (Å²) in [7, 11) is 0. The first kappa shape index (κ1) is 21.6. The number of allylic oxidation sites excluding steroid dienone is 1. The van der Waals surface area contributed by atoms with Crippen LogP contribution in [0.3, 0.4) is 0 Å². The van der Waals surface area contributed by atoms with Crippen LogP contribution in [0.5, 0.6) is 0 Å². The Hall–Kier alpha value is -3.14. The number of hydrogen-bond donors (Lipinski definition) is 1. The number of aliphatic hydroxyl groups excluding tert-OH is 1. The van der Waals surface area contributed by atoms with Crippen molar-refractivity contribution in [1.82, 2.24) is 9.80 Å². The van der Waals surface area contributed by atoms with Gasteiger partial charge in [-0.15, -0.1) is 0 Å². The molecule has 10 heteroatoms. The second-order valence-corrected chi connectivity index (χ2v) is 8.69. The molecule has 0 saturated carbocycles. The van der Waals surface area contributed by atoms with Crippen LogP contribution in [-0.4, -0.2) is 61.2 Å². The van der Waals surface area contributed by atoms with Gasteiger partial charge >= 0.3 is 5.97 Å². The van der Waals surface area contributed by atoms with Crippen LogP contribution >= 0.6 is 11.8 Å². The summed E-state index contributed by atoms with van der Waals surface area (Å²) < 4.78 is 5.25. The fraction of sp³-hybridized carbons (Fsp3) is 0.350. The van der Waals surface area contributed by atoms with Crippen molar-refractivity contribution >= 4 is 41.1 Å². The predicted octanol–water partition coefficient (Wildman–Crippen LogP) is 1.87. The van der Waals surface area contributed by atoms with E-state index >= 15 is 0 Å². The van der Waals surface area contributed by atoms with Gasteiger partial charge in [-0.25, -0.2) is 4.79 Å². The second-order valence-electron chi connectivity index (χ2n) is 7.74. The number of thioether (sulfide) groups is 1. The van der Waals surface area contributed by atoms with Crippen LogP contribution in [0.1, 0.15) is 48.4 Å². The van der Waals surface area contributed by atoms with Crippen molar-refractivity contribution in [2.45, 2.75) is 44.7 Å². The topological polar surface area (TPSA) is 121 Å². The molecule has 0 aliphatic carbocycles. The first-order chi connectivity index (χ1) is 14.0. The standard InChI is InChI=1S/C20H20N2O7S/c1-10(24)13(19(28)29-20(2,3)4)22-17(27)14(18(22)30-9-23)21-15(25)11-7-5-6-8-12(11)16(21)26/h5-9,14,18,24H,1-4H3/b13-10-/t14-,18-/m1/s1. The minimum absolute atomic E-state index is 0.157. The van der Waals surface area contributed by atoms with Crippen LogP contribution in [0.15, 0.2) is 35.7 Å². The van der Waals surface area contributed by atoms with E-state index in [1.807, 2.05) is 0 Å². The van der Waals surface area contributed by atoms with Gasteiger partial charge in [-0.05, 0) is 39.8 Å². The van der Waals surface area contributed by atoms with E-state index in [1.54, 1.807) is 32.9 Å². The molecular formula is C20H20N2O7S. The molecule has 2 heterocycles. The maximum atomic E-state index is 13.0. The summed E-state index contributed by atoms with van der Waals surface area (Å²) in [5, 5.41) is 8.97. The third kappa shape index (κ3) is 3.47. The van der Waals surface area contributed by atoms with Crippen molar-refractivity contribution in [2.75, 3.05) is 0 Å². The highest BCUT2D eigenvalue weighted by Gasteiger charge is 2.59. The molecule has 0 spiro atoms. The van der Waals surface area contributed by atoms with Gasteiger partial charge in [-0.2, -0.15) is 0 Å². The number of esters is 1. The summed E-state index contributed by atoms with van der Waals surface area (Å²) in [5.41, 5.74) is -0.591. The number of likely N-dealkylation sites (tertiary alicyclic amines) is 1. The lowest BCUT2D eigenvalue weighted by molar-refractivity contribution is -0.160. The average Bonchev–Trinajstić information content (AvgIpc) is 2.89. The Morgan fingerprint density at radius 1 is 1.13 bits per heavy atom. The number of fused-ring (bicyclic) bond motifs is 1. The number of aliphatic hydroxyl groups is 1. The van der Waals surface area contributed by atoms with Crippen LogP contribution in [0, 0.1) is 0 Å². The number of carbonyl (C=O) groups excluding carboxylic acids is 5. The summed E-state index contributed by atoms with van der Waals surface area (Å²) >= 11 is 0.614. The van der Waals surface area contributed by atoms with Crippen LogP contribution in [-0.2, 0) is 19.1 Å². The molecule has 2 aliphatic rings. The summed E-state index contributed by atoms with van der Waals surface area (Å²) in [6, 6.07) is 4.84. The number of nitrogens with zero attached hydrogens (tertiary/aromatic N) is 2. The average molecular weight is 432 g/mol. The molecule has 158 valence electrons. The van der Waals surface area contributed by atoms with E-state index in [0.717, 1.165) is 9.80 Å². The normalized spacial score (nSPS) is 21.8. The van der Waals surface area contributed by atoms with E-state index in [0.29, 0.717) is 17.4 Å². The van der Waals surface area contributed by atoms with Crippen LogP contribution in [0.4, 0.5) is 0 Å². The van der Waals surface area contributed by atoms with E-state index in [-0.39, 0.29) is 11.1 Å². The Morgan fingerprint density at radius 2 is 1.67 bits per heavy atom. The van der Waals surface area contributed by atoms with Gasteiger partial charge in [0, 0.05) is 0 Å². The zero-order valence-corrected chi connectivity index (χ0v) is 17.6. The van der Waals surface area contributed by atoms with Gasteiger partial charge in [-0.3, -0.25) is 29.0 Å². The van der Waals surface area contributed by atoms with Crippen molar-refractivity contribution in [3.63, 3.8) is 0 Å². The number of rotatable bonds is 5. The lowest BCUT2D eigenvalue weighted by Crippen LogP contribution is -2.70.